The zero-order valence-corrected chi connectivity index (χ0v) is 19.3. The van der Waals surface area contributed by atoms with Crippen molar-refractivity contribution in [3.63, 3.8) is 0 Å². The van der Waals surface area contributed by atoms with Crippen molar-refractivity contribution in [2.24, 2.45) is 0 Å². The molecule has 1 heterocycles. The number of aryl methyl sites for hydroxylation is 1. The Morgan fingerprint density at radius 1 is 0.970 bits per heavy atom. The van der Waals surface area contributed by atoms with Crippen LogP contribution in [0.2, 0.25) is 0 Å². The molecule has 4 rings (SSSR count). The number of para-hydroxylation sites is 1. The van der Waals surface area contributed by atoms with E-state index in [0.29, 0.717) is 23.7 Å². The first-order chi connectivity index (χ1) is 16.0. The summed E-state index contributed by atoms with van der Waals surface area (Å²) in [4.78, 5) is 15.5. The Kier molecular flexibility index (Phi) is 6.54. The van der Waals surface area contributed by atoms with Gasteiger partial charge in [0, 0.05) is 27.8 Å². The first-order valence-electron chi connectivity index (χ1n) is 10.9. The number of ether oxygens (including phenoxy) is 3. The van der Waals surface area contributed by atoms with E-state index in [1.807, 2.05) is 42.5 Å². The highest BCUT2D eigenvalue weighted by Gasteiger charge is 2.22. The Morgan fingerprint density at radius 3 is 2.39 bits per heavy atom. The van der Waals surface area contributed by atoms with Crippen molar-refractivity contribution in [2.45, 2.75) is 19.9 Å². The molecule has 1 atom stereocenters. The van der Waals surface area contributed by atoms with Crippen molar-refractivity contribution in [3.05, 3.63) is 89.1 Å². The molecule has 0 radical (unpaired) electrons. The fraction of sp³-hybridized carbons (Fsp3) is 0.222. The van der Waals surface area contributed by atoms with Gasteiger partial charge in [-0.25, -0.2) is 4.79 Å². The monoisotopic (exact) mass is 444 g/mol. The number of aromatic nitrogens is 1. The second-order valence-corrected chi connectivity index (χ2v) is 7.70. The van der Waals surface area contributed by atoms with E-state index in [1.54, 1.807) is 33.3 Å². The molecule has 0 unspecified atom stereocenters. The third-order valence-electron chi connectivity index (χ3n) is 5.68. The minimum absolute atomic E-state index is 0.172. The van der Waals surface area contributed by atoms with Crippen molar-refractivity contribution in [3.8, 4) is 11.5 Å². The van der Waals surface area contributed by atoms with E-state index in [9.17, 15) is 4.79 Å². The summed E-state index contributed by atoms with van der Waals surface area (Å²) in [7, 11) is 3.26. The molecule has 0 aliphatic heterocycles. The Balaban J connectivity index is 1.78. The Labute approximate surface area is 193 Å². The summed E-state index contributed by atoms with van der Waals surface area (Å²) in [5.41, 5.74) is 5.73. The SMILES string of the molecule is CCOC(=O)c1ccc(N[C@H](c2ccc(OC)c(OC)c2)c2c(C)[nH]c3ccccc23)cc1. The van der Waals surface area contributed by atoms with E-state index in [2.05, 4.69) is 29.4 Å². The van der Waals surface area contributed by atoms with Crippen LogP contribution < -0.4 is 14.8 Å². The lowest BCUT2D eigenvalue weighted by Crippen LogP contribution is -2.14. The lowest BCUT2D eigenvalue weighted by Gasteiger charge is -2.23. The quantitative estimate of drug-likeness (QED) is 0.333. The lowest BCUT2D eigenvalue weighted by molar-refractivity contribution is 0.0526. The summed E-state index contributed by atoms with van der Waals surface area (Å²) >= 11 is 0. The molecule has 3 aromatic carbocycles. The topological polar surface area (TPSA) is 72.6 Å². The number of H-pyrrole nitrogens is 1. The van der Waals surface area contributed by atoms with E-state index in [0.717, 1.165) is 33.4 Å². The van der Waals surface area contributed by atoms with Crippen molar-refractivity contribution < 1.29 is 19.0 Å². The summed E-state index contributed by atoms with van der Waals surface area (Å²) in [6.45, 7) is 4.22. The minimum atomic E-state index is -0.326. The van der Waals surface area contributed by atoms with E-state index in [-0.39, 0.29) is 12.0 Å². The summed E-state index contributed by atoms with van der Waals surface area (Å²) in [6.07, 6.45) is 0. The number of anilines is 1. The van der Waals surface area contributed by atoms with Crippen molar-refractivity contribution in [1.29, 1.82) is 0 Å². The predicted octanol–water partition coefficient (Wildman–Crippen LogP) is 5.87. The van der Waals surface area contributed by atoms with Gasteiger partial charge in [0.1, 0.15) is 0 Å². The molecule has 1 aromatic heterocycles. The van der Waals surface area contributed by atoms with Crippen LogP contribution in [0.3, 0.4) is 0 Å². The number of fused-ring (bicyclic) bond motifs is 1. The molecule has 0 spiro atoms. The molecule has 6 nitrogen and oxygen atoms in total. The summed E-state index contributed by atoms with van der Waals surface area (Å²) < 4.78 is 16.1. The first kappa shape index (κ1) is 22.3. The van der Waals surface area contributed by atoms with Crippen LogP contribution in [0.25, 0.3) is 10.9 Å². The average molecular weight is 445 g/mol. The normalized spacial score (nSPS) is 11.8. The van der Waals surface area contributed by atoms with Crippen LogP contribution in [0.15, 0.2) is 66.7 Å². The van der Waals surface area contributed by atoms with Gasteiger partial charge in [-0.1, -0.05) is 24.3 Å². The number of aromatic amines is 1. The van der Waals surface area contributed by atoms with Crippen molar-refractivity contribution >= 4 is 22.6 Å². The smallest absolute Gasteiger partial charge is 0.338 e. The van der Waals surface area contributed by atoms with E-state index in [4.69, 9.17) is 14.2 Å². The van der Waals surface area contributed by atoms with Crippen LogP contribution in [-0.4, -0.2) is 31.8 Å². The van der Waals surface area contributed by atoms with Crippen LogP contribution in [0.1, 0.15) is 40.1 Å². The van der Waals surface area contributed by atoms with Gasteiger partial charge in [-0.05, 0) is 61.9 Å². The zero-order chi connectivity index (χ0) is 23.4. The molecule has 0 amide bonds. The van der Waals surface area contributed by atoms with E-state index in [1.165, 1.54) is 0 Å². The van der Waals surface area contributed by atoms with Crippen LogP contribution in [0, 0.1) is 6.92 Å². The molecule has 0 saturated carbocycles. The van der Waals surface area contributed by atoms with Crippen LogP contribution in [0.4, 0.5) is 5.69 Å². The molecule has 33 heavy (non-hydrogen) atoms. The lowest BCUT2D eigenvalue weighted by atomic mass is 9.95. The number of methoxy groups -OCH3 is 2. The van der Waals surface area contributed by atoms with Gasteiger partial charge < -0.3 is 24.5 Å². The highest BCUT2D eigenvalue weighted by atomic mass is 16.5. The predicted molar refractivity (Wildman–Crippen MR) is 130 cm³/mol. The highest BCUT2D eigenvalue weighted by molar-refractivity contribution is 5.90. The van der Waals surface area contributed by atoms with E-state index >= 15 is 0 Å². The van der Waals surface area contributed by atoms with Crippen LogP contribution >= 0.6 is 0 Å². The molecule has 4 aromatic rings. The van der Waals surface area contributed by atoms with Gasteiger partial charge in [-0.15, -0.1) is 0 Å². The second kappa shape index (κ2) is 9.69. The Bertz CT molecular complexity index is 1260. The van der Waals surface area contributed by atoms with Gasteiger partial charge in [-0.3, -0.25) is 0 Å². The van der Waals surface area contributed by atoms with Gasteiger partial charge in [0.05, 0.1) is 32.4 Å². The van der Waals surface area contributed by atoms with Gasteiger partial charge in [-0.2, -0.15) is 0 Å². The van der Waals surface area contributed by atoms with E-state index < -0.39 is 0 Å². The number of nitrogens with one attached hydrogen (secondary N) is 2. The number of esters is 1. The summed E-state index contributed by atoms with van der Waals surface area (Å²) in [5, 5.41) is 4.79. The molecule has 2 N–H and O–H groups in total. The molecule has 6 heteroatoms. The molecular formula is C27H28N2O4. The number of carbonyl (C=O) groups excluding carboxylic acids is 1. The maximum Gasteiger partial charge on any atom is 0.338 e. The molecule has 0 fully saturated rings. The maximum atomic E-state index is 12.0. The van der Waals surface area contributed by atoms with Crippen molar-refractivity contribution in [2.75, 3.05) is 26.1 Å². The Morgan fingerprint density at radius 2 is 1.70 bits per heavy atom. The summed E-state index contributed by atoms with van der Waals surface area (Å²) in [5.74, 6) is 1.01. The zero-order valence-electron chi connectivity index (χ0n) is 19.3. The third-order valence-corrected chi connectivity index (χ3v) is 5.68. The first-order valence-corrected chi connectivity index (χ1v) is 10.9. The molecule has 0 aliphatic rings. The number of benzene rings is 3. The molecule has 0 saturated heterocycles. The number of carbonyl (C=O) groups is 1. The number of hydrogen-bond donors (Lipinski definition) is 2. The van der Waals surface area contributed by atoms with Gasteiger partial charge in [0.2, 0.25) is 0 Å². The van der Waals surface area contributed by atoms with Crippen LogP contribution in [-0.2, 0) is 4.74 Å². The van der Waals surface area contributed by atoms with Gasteiger partial charge in [0.25, 0.3) is 0 Å². The van der Waals surface area contributed by atoms with Gasteiger partial charge >= 0.3 is 5.97 Å². The average Bonchev–Trinajstić information content (AvgIpc) is 3.18. The minimum Gasteiger partial charge on any atom is -0.493 e. The maximum absolute atomic E-state index is 12.0. The molecule has 0 bridgehead atoms. The molecule has 0 aliphatic carbocycles. The fourth-order valence-electron chi connectivity index (χ4n) is 4.11. The van der Waals surface area contributed by atoms with Crippen molar-refractivity contribution in [1.82, 2.24) is 4.98 Å². The number of hydrogen-bond acceptors (Lipinski definition) is 5. The third kappa shape index (κ3) is 4.51. The fourth-order valence-corrected chi connectivity index (χ4v) is 4.11. The molecular weight excluding hydrogens is 416 g/mol. The second-order valence-electron chi connectivity index (χ2n) is 7.70. The standard InChI is InChI=1S/C27H28N2O4/c1-5-33-27(30)18-10-13-20(14-11-18)29-26(19-12-15-23(31-3)24(16-19)32-4)25-17(2)28-22-9-7-6-8-21(22)25/h6-16,26,28-29H,5H2,1-4H3/t26-/m1/s1. The Hall–Kier alpha value is -3.93. The van der Waals surface area contributed by atoms with Gasteiger partial charge in [0.15, 0.2) is 11.5 Å². The summed E-state index contributed by atoms with van der Waals surface area (Å²) in [6, 6.07) is 21.4. The highest BCUT2D eigenvalue weighted by Crippen LogP contribution is 2.38. The molecule has 170 valence electrons. The largest absolute Gasteiger partial charge is 0.493 e. The number of rotatable bonds is 8. The van der Waals surface area contributed by atoms with Crippen LogP contribution in [0.5, 0.6) is 11.5 Å².